The van der Waals surface area contributed by atoms with Crippen LogP contribution in [0.25, 0.3) is 0 Å². The molecule has 0 unspecified atom stereocenters. The van der Waals surface area contributed by atoms with Crippen molar-refractivity contribution in [3.8, 4) is 0 Å². The molecule has 2 rings (SSSR count). The molecule has 0 atom stereocenters. The van der Waals surface area contributed by atoms with Gasteiger partial charge in [-0.3, -0.25) is 0 Å². The maximum Gasteiger partial charge on any atom is 0.276 e. The number of nitrogens with zero attached hydrogens (tertiary/aromatic N) is 2. The molecule has 1 saturated heterocycles. The van der Waals surface area contributed by atoms with Gasteiger partial charge in [0, 0.05) is 35.1 Å². The van der Waals surface area contributed by atoms with E-state index < -0.39 is 20.2 Å². The Morgan fingerprint density at radius 1 is 0.952 bits per heavy atom. The van der Waals surface area contributed by atoms with Gasteiger partial charge in [0.2, 0.25) is 10.0 Å². The van der Waals surface area contributed by atoms with Crippen molar-refractivity contribution in [2.75, 3.05) is 26.2 Å². The molecular weight excluding hydrogens is 450 g/mol. The molecule has 1 fully saturated rings. The van der Waals surface area contributed by atoms with Crippen molar-refractivity contribution in [1.29, 1.82) is 0 Å². The zero-order valence-corrected chi connectivity index (χ0v) is 15.5. The minimum absolute atomic E-state index is 0.0478. The van der Waals surface area contributed by atoms with Crippen LogP contribution in [0.3, 0.4) is 0 Å². The molecule has 7 nitrogen and oxygen atoms in total. The van der Waals surface area contributed by atoms with Crippen LogP contribution in [0.1, 0.15) is 0 Å². The lowest BCUT2D eigenvalue weighted by atomic mass is 10.4. The Kier molecular flexibility index (Phi) is 5.13. The minimum atomic E-state index is -3.78. The van der Waals surface area contributed by atoms with Gasteiger partial charge in [0.25, 0.3) is 10.2 Å². The molecule has 11 heteroatoms. The molecule has 0 amide bonds. The summed E-state index contributed by atoms with van der Waals surface area (Å²) in [5, 5.41) is 5.03. The Balaban J connectivity index is 2.23. The average Bonchev–Trinajstić information content (AvgIpc) is 2.37. The standard InChI is InChI=1S/C10H13Br2N3O4S2/c11-8-1-2-10(9(12)7-8)20(16,17)14-3-5-15(6-4-14)21(13,18)19/h1-2,7H,3-6H2,(H2,13,18,19). The molecule has 2 N–H and O–H groups in total. The fourth-order valence-corrected chi connectivity index (χ4v) is 5.79. The maximum absolute atomic E-state index is 12.6. The highest BCUT2D eigenvalue weighted by molar-refractivity contribution is 9.11. The van der Waals surface area contributed by atoms with Gasteiger partial charge in [0.1, 0.15) is 0 Å². The van der Waals surface area contributed by atoms with Crippen LogP contribution in [-0.4, -0.2) is 51.6 Å². The van der Waals surface area contributed by atoms with E-state index in [4.69, 9.17) is 5.14 Å². The van der Waals surface area contributed by atoms with Gasteiger partial charge >= 0.3 is 0 Å². The van der Waals surface area contributed by atoms with Gasteiger partial charge in [-0.2, -0.15) is 17.0 Å². The van der Waals surface area contributed by atoms with E-state index in [1.165, 1.54) is 10.4 Å². The molecule has 1 aliphatic heterocycles. The second-order valence-electron chi connectivity index (χ2n) is 4.42. The summed E-state index contributed by atoms with van der Waals surface area (Å²) >= 11 is 6.49. The van der Waals surface area contributed by atoms with Crippen molar-refractivity contribution in [1.82, 2.24) is 8.61 Å². The van der Waals surface area contributed by atoms with E-state index in [1.807, 2.05) is 0 Å². The molecule has 0 bridgehead atoms. The molecule has 0 radical (unpaired) electrons. The first-order valence-corrected chi connectivity index (χ1v) is 10.4. The second-order valence-corrected chi connectivity index (χ2v) is 9.65. The molecule has 1 heterocycles. The fraction of sp³-hybridized carbons (Fsp3) is 0.400. The third kappa shape index (κ3) is 3.84. The lowest BCUT2D eigenvalue weighted by Crippen LogP contribution is -2.52. The number of rotatable bonds is 3. The monoisotopic (exact) mass is 461 g/mol. The molecule has 118 valence electrons. The Hall–Kier alpha value is -0.0400. The summed E-state index contributed by atoms with van der Waals surface area (Å²) in [6, 6.07) is 4.78. The quantitative estimate of drug-likeness (QED) is 0.714. The van der Waals surface area contributed by atoms with Crippen LogP contribution in [-0.2, 0) is 20.2 Å². The van der Waals surface area contributed by atoms with Crippen molar-refractivity contribution >= 4 is 52.1 Å². The van der Waals surface area contributed by atoms with E-state index in [0.29, 0.717) is 4.47 Å². The van der Waals surface area contributed by atoms with Gasteiger partial charge in [-0.25, -0.2) is 13.6 Å². The molecule has 1 aromatic rings. The van der Waals surface area contributed by atoms with E-state index in [9.17, 15) is 16.8 Å². The van der Waals surface area contributed by atoms with Crippen molar-refractivity contribution in [3.63, 3.8) is 0 Å². The number of sulfonamides is 1. The van der Waals surface area contributed by atoms with Crippen LogP contribution in [0.5, 0.6) is 0 Å². The lowest BCUT2D eigenvalue weighted by Gasteiger charge is -2.32. The topological polar surface area (TPSA) is 101 Å². The third-order valence-corrected chi connectivity index (χ3v) is 7.52. The highest BCUT2D eigenvalue weighted by Gasteiger charge is 2.32. The molecule has 0 aromatic heterocycles. The van der Waals surface area contributed by atoms with Crippen LogP contribution in [0.2, 0.25) is 0 Å². The zero-order valence-electron chi connectivity index (χ0n) is 10.7. The molecule has 1 aliphatic rings. The predicted molar refractivity (Wildman–Crippen MR) is 85.3 cm³/mol. The first-order chi connectivity index (χ1) is 9.62. The third-order valence-electron chi connectivity index (χ3n) is 3.07. The van der Waals surface area contributed by atoms with E-state index in [-0.39, 0.29) is 31.1 Å². The van der Waals surface area contributed by atoms with E-state index in [1.54, 1.807) is 12.1 Å². The molecule has 0 spiro atoms. The second kappa shape index (κ2) is 6.22. The SMILES string of the molecule is NS(=O)(=O)N1CCN(S(=O)(=O)c2ccc(Br)cc2Br)CC1. The first-order valence-electron chi connectivity index (χ1n) is 5.85. The molecule has 0 aliphatic carbocycles. The van der Waals surface area contributed by atoms with Crippen LogP contribution < -0.4 is 5.14 Å². The summed E-state index contributed by atoms with van der Waals surface area (Å²) in [4.78, 5) is 0.148. The van der Waals surface area contributed by atoms with Crippen LogP contribution in [0.15, 0.2) is 32.0 Å². The zero-order chi connectivity index (χ0) is 15.8. The van der Waals surface area contributed by atoms with E-state index >= 15 is 0 Å². The molecule has 21 heavy (non-hydrogen) atoms. The number of halogens is 2. The largest absolute Gasteiger partial charge is 0.276 e. The Labute approximate surface area is 140 Å². The average molecular weight is 463 g/mol. The highest BCUT2D eigenvalue weighted by atomic mass is 79.9. The van der Waals surface area contributed by atoms with Crippen molar-refractivity contribution in [3.05, 3.63) is 27.1 Å². The lowest BCUT2D eigenvalue weighted by molar-refractivity contribution is 0.273. The number of hydrogen-bond donors (Lipinski definition) is 1. The summed E-state index contributed by atoms with van der Waals surface area (Å²) in [6.45, 7) is 0.237. The van der Waals surface area contributed by atoms with Gasteiger partial charge in [-0.15, -0.1) is 0 Å². The normalized spacial score (nSPS) is 18.8. The highest BCUT2D eigenvalue weighted by Crippen LogP contribution is 2.28. The van der Waals surface area contributed by atoms with Gasteiger partial charge < -0.3 is 0 Å². The van der Waals surface area contributed by atoms with E-state index in [2.05, 4.69) is 31.9 Å². The van der Waals surface area contributed by atoms with Crippen LogP contribution >= 0.6 is 31.9 Å². The fourth-order valence-electron chi connectivity index (χ4n) is 1.99. The number of hydrogen-bond acceptors (Lipinski definition) is 4. The number of piperazine rings is 1. The minimum Gasteiger partial charge on any atom is -0.216 e. The first kappa shape index (κ1) is 17.3. The van der Waals surface area contributed by atoms with Crippen LogP contribution in [0.4, 0.5) is 0 Å². The number of nitrogens with two attached hydrogens (primary N) is 1. The smallest absolute Gasteiger partial charge is 0.216 e. The Morgan fingerprint density at radius 2 is 1.48 bits per heavy atom. The van der Waals surface area contributed by atoms with Crippen molar-refractivity contribution in [2.45, 2.75) is 4.90 Å². The molecule has 0 saturated carbocycles. The van der Waals surface area contributed by atoms with Crippen molar-refractivity contribution in [2.24, 2.45) is 5.14 Å². The summed E-state index contributed by atoms with van der Waals surface area (Å²) in [5.41, 5.74) is 0. The summed E-state index contributed by atoms with van der Waals surface area (Å²) < 4.78 is 51.1. The molecule has 1 aromatic carbocycles. The Morgan fingerprint density at radius 3 is 1.95 bits per heavy atom. The predicted octanol–water partition coefficient (Wildman–Crippen LogP) is 0.721. The summed E-state index contributed by atoms with van der Waals surface area (Å²) in [7, 11) is -7.45. The summed E-state index contributed by atoms with van der Waals surface area (Å²) in [5.74, 6) is 0. The molecular formula is C10H13Br2N3O4S2. The number of benzene rings is 1. The van der Waals surface area contributed by atoms with E-state index in [0.717, 1.165) is 8.78 Å². The Bertz CT molecular complexity index is 744. The van der Waals surface area contributed by atoms with Gasteiger partial charge in [-0.1, -0.05) is 15.9 Å². The van der Waals surface area contributed by atoms with Gasteiger partial charge in [0.05, 0.1) is 4.90 Å². The van der Waals surface area contributed by atoms with Gasteiger partial charge in [0.15, 0.2) is 0 Å². The van der Waals surface area contributed by atoms with Gasteiger partial charge in [-0.05, 0) is 34.1 Å². The van der Waals surface area contributed by atoms with Crippen LogP contribution in [0, 0.1) is 0 Å². The van der Waals surface area contributed by atoms with Crippen molar-refractivity contribution < 1.29 is 16.8 Å². The summed E-state index contributed by atoms with van der Waals surface area (Å²) in [6.07, 6.45) is 0. The maximum atomic E-state index is 12.6.